The second-order valence-electron chi connectivity index (χ2n) is 6.91. The Morgan fingerprint density at radius 3 is 2.89 bits per heavy atom. The number of carbonyl (C=O) groups excluding carboxylic acids is 2. The maximum Gasteiger partial charge on any atom is 0.324 e. The number of rotatable bonds is 7. The summed E-state index contributed by atoms with van der Waals surface area (Å²) in [5, 5.41) is 1.61. The highest BCUT2D eigenvalue weighted by atomic mass is 32.2. The molecule has 6 nitrogen and oxygen atoms in total. The van der Waals surface area contributed by atoms with Gasteiger partial charge in [0.05, 0.1) is 11.5 Å². The highest BCUT2D eigenvalue weighted by Crippen LogP contribution is 2.40. The van der Waals surface area contributed by atoms with Crippen LogP contribution >= 0.6 is 23.1 Å². The van der Waals surface area contributed by atoms with Crippen molar-refractivity contribution in [1.29, 1.82) is 0 Å². The number of nitrogens with zero attached hydrogens (tertiary/aromatic N) is 1. The Balaban J connectivity index is 1.60. The van der Waals surface area contributed by atoms with Crippen LogP contribution in [0.3, 0.4) is 0 Å². The van der Waals surface area contributed by atoms with Crippen LogP contribution in [-0.4, -0.2) is 61.6 Å². The van der Waals surface area contributed by atoms with Crippen molar-refractivity contribution in [2.45, 2.75) is 43.9 Å². The summed E-state index contributed by atoms with van der Waals surface area (Å²) in [6.07, 6.45) is 3.12. The summed E-state index contributed by atoms with van der Waals surface area (Å²) in [4.78, 5) is 28.0. The summed E-state index contributed by atoms with van der Waals surface area (Å²) < 4.78 is 28.9. The Labute approximate surface area is 168 Å². The van der Waals surface area contributed by atoms with E-state index in [1.54, 1.807) is 28.0 Å². The monoisotopic (exact) mass is 431 g/mol. The number of fused-ring (bicyclic) bond motifs is 1. The molecular weight excluding hydrogens is 406 g/mol. The van der Waals surface area contributed by atoms with E-state index in [4.69, 9.17) is 4.74 Å². The molecule has 150 valence electrons. The molecular formula is C18H25NO5S3. The van der Waals surface area contributed by atoms with E-state index in [9.17, 15) is 18.0 Å². The van der Waals surface area contributed by atoms with Crippen molar-refractivity contribution >= 4 is 44.8 Å². The molecule has 0 unspecified atom stereocenters. The number of thioether (sulfide) groups is 1. The summed E-state index contributed by atoms with van der Waals surface area (Å²) in [6.45, 7) is 2.20. The predicted octanol–water partition coefficient (Wildman–Crippen LogP) is 2.44. The third kappa shape index (κ3) is 5.06. The average Bonchev–Trinajstić information content (AvgIpc) is 3.25. The lowest BCUT2D eigenvalue weighted by atomic mass is 10.1. The number of sulfone groups is 1. The second-order valence-corrected chi connectivity index (χ2v) is 11.3. The quantitative estimate of drug-likeness (QED) is 0.617. The Kier molecular flexibility index (Phi) is 6.86. The SMILES string of the molecule is CCCCN(C(=O)COC(=O)[C@H]1SCCc2sccc21)[C@@H]1CCS(=O)(=O)C1. The Bertz CT molecular complexity index is 789. The number of hydrogen-bond acceptors (Lipinski definition) is 7. The van der Waals surface area contributed by atoms with Crippen LogP contribution in [0.2, 0.25) is 0 Å². The zero-order chi connectivity index (χ0) is 19.4. The number of aryl methyl sites for hydroxylation is 1. The zero-order valence-corrected chi connectivity index (χ0v) is 17.8. The maximum atomic E-state index is 12.7. The minimum atomic E-state index is -3.08. The van der Waals surface area contributed by atoms with Gasteiger partial charge in [-0.25, -0.2) is 8.42 Å². The minimum absolute atomic E-state index is 0.00708. The molecule has 27 heavy (non-hydrogen) atoms. The zero-order valence-electron chi connectivity index (χ0n) is 15.4. The molecule has 0 aromatic carbocycles. The Morgan fingerprint density at radius 2 is 2.19 bits per heavy atom. The Morgan fingerprint density at radius 1 is 1.37 bits per heavy atom. The van der Waals surface area contributed by atoms with Gasteiger partial charge in [0.25, 0.3) is 5.91 Å². The van der Waals surface area contributed by atoms with Crippen LogP contribution in [0.15, 0.2) is 11.4 Å². The smallest absolute Gasteiger partial charge is 0.324 e. The van der Waals surface area contributed by atoms with Gasteiger partial charge < -0.3 is 9.64 Å². The van der Waals surface area contributed by atoms with Crippen molar-refractivity contribution in [3.63, 3.8) is 0 Å². The van der Waals surface area contributed by atoms with Gasteiger partial charge in [-0.2, -0.15) is 0 Å². The van der Waals surface area contributed by atoms with Crippen molar-refractivity contribution in [2.75, 3.05) is 30.4 Å². The van der Waals surface area contributed by atoms with Crippen LogP contribution in [0.5, 0.6) is 0 Å². The molecule has 0 saturated carbocycles. The van der Waals surface area contributed by atoms with E-state index < -0.39 is 9.84 Å². The van der Waals surface area contributed by atoms with Gasteiger partial charge in [0.2, 0.25) is 0 Å². The van der Waals surface area contributed by atoms with Gasteiger partial charge in [-0.05, 0) is 42.0 Å². The van der Waals surface area contributed by atoms with Gasteiger partial charge >= 0.3 is 5.97 Å². The van der Waals surface area contributed by atoms with E-state index >= 15 is 0 Å². The maximum absolute atomic E-state index is 12.7. The third-order valence-corrected chi connectivity index (χ3v) is 8.92. The van der Waals surface area contributed by atoms with Gasteiger partial charge in [0.15, 0.2) is 16.4 Å². The molecule has 2 aliphatic heterocycles. The van der Waals surface area contributed by atoms with Gasteiger partial charge in [0.1, 0.15) is 5.25 Å². The fourth-order valence-electron chi connectivity index (χ4n) is 3.49. The van der Waals surface area contributed by atoms with Crippen LogP contribution in [0.25, 0.3) is 0 Å². The van der Waals surface area contributed by atoms with Crippen molar-refractivity contribution in [1.82, 2.24) is 4.90 Å². The normalized spacial score (nSPS) is 23.6. The van der Waals surface area contributed by atoms with Crippen LogP contribution in [0.1, 0.15) is 41.9 Å². The molecule has 0 N–H and O–H groups in total. The number of ether oxygens (including phenoxy) is 1. The standard InChI is InChI=1S/C18H25NO5S3/c1-2-3-7-19(13-6-10-27(22,23)12-13)16(20)11-24-18(21)17-14-4-8-25-15(14)5-9-26-17/h4,8,13,17H,2-3,5-7,9-12H2,1H3/t13-,17+/m1/s1. The summed E-state index contributed by atoms with van der Waals surface area (Å²) in [7, 11) is -3.08. The highest BCUT2D eigenvalue weighted by Gasteiger charge is 2.35. The molecule has 0 aliphatic carbocycles. The highest BCUT2D eigenvalue weighted by molar-refractivity contribution is 8.00. The van der Waals surface area contributed by atoms with Gasteiger partial charge in [-0.15, -0.1) is 23.1 Å². The molecule has 1 aromatic rings. The summed E-state index contributed by atoms with van der Waals surface area (Å²) in [5.41, 5.74) is 0.999. The van der Waals surface area contributed by atoms with E-state index in [0.29, 0.717) is 13.0 Å². The molecule has 3 heterocycles. The predicted molar refractivity (Wildman–Crippen MR) is 108 cm³/mol. The van der Waals surface area contributed by atoms with Gasteiger partial charge in [-0.1, -0.05) is 13.3 Å². The lowest BCUT2D eigenvalue weighted by Gasteiger charge is -2.28. The van der Waals surface area contributed by atoms with E-state index in [-0.39, 0.29) is 41.3 Å². The van der Waals surface area contributed by atoms with Crippen LogP contribution in [-0.2, 0) is 30.6 Å². The first-order valence-corrected chi connectivity index (χ1v) is 13.0. The van der Waals surface area contributed by atoms with E-state index in [1.165, 1.54) is 4.88 Å². The molecule has 9 heteroatoms. The first-order valence-electron chi connectivity index (χ1n) is 9.25. The van der Waals surface area contributed by atoms with Crippen LogP contribution in [0, 0.1) is 0 Å². The van der Waals surface area contributed by atoms with E-state index in [2.05, 4.69) is 0 Å². The molecule has 1 fully saturated rings. The minimum Gasteiger partial charge on any atom is -0.454 e. The average molecular weight is 432 g/mol. The van der Waals surface area contributed by atoms with Crippen LogP contribution in [0.4, 0.5) is 0 Å². The van der Waals surface area contributed by atoms with Crippen LogP contribution < -0.4 is 0 Å². The summed E-state index contributed by atoms with van der Waals surface area (Å²) in [5.74, 6) is 0.302. The van der Waals surface area contributed by atoms with Crippen molar-refractivity contribution < 1.29 is 22.7 Å². The number of unbranched alkanes of at least 4 members (excludes halogenated alkanes) is 1. The van der Waals surface area contributed by atoms with Crippen molar-refractivity contribution in [3.8, 4) is 0 Å². The van der Waals surface area contributed by atoms with Gasteiger partial charge in [0, 0.05) is 17.5 Å². The molecule has 0 radical (unpaired) electrons. The molecule has 1 amide bonds. The van der Waals surface area contributed by atoms with E-state index in [1.807, 2.05) is 18.4 Å². The molecule has 2 atom stereocenters. The molecule has 1 aromatic heterocycles. The van der Waals surface area contributed by atoms with Crippen molar-refractivity contribution in [3.05, 3.63) is 21.9 Å². The molecule has 0 bridgehead atoms. The Hall–Kier alpha value is -1.06. The van der Waals surface area contributed by atoms with E-state index in [0.717, 1.165) is 30.6 Å². The topological polar surface area (TPSA) is 80.8 Å². The fraction of sp³-hybridized carbons (Fsp3) is 0.667. The third-order valence-electron chi connectivity index (χ3n) is 4.95. The molecule has 3 rings (SSSR count). The lowest BCUT2D eigenvalue weighted by molar-refractivity contribution is -0.152. The molecule has 2 aliphatic rings. The summed E-state index contributed by atoms with van der Waals surface area (Å²) >= 11 is 3.19. The largest absolute Gasteiger partial charge is 0.454 e. The molecule has 0 spiro atoms. The van der Waals surface area contributed by atoms with Gasteiger partial charge in [-0.3, -0.25) is 9.59 Å². The number of hydrogen-bond donors (Lipinski definition) is 0. The molecule has 1 saturated heterocycles. The number of thiophene rings is 1. The number of esters is 1. The lowest BCUT2D eigenvalue weighted by Crippen LogP contribution is -2.44. The van der Waals surface area contributed by atoms with Crippen molar-refractivity contribution in [2.24, 2.45) is 0 Å². The summed E-state index contributed by atoms with van der Waals surface area (Å²) in [6, 6.07) is 1.65. The first kappa shape index (κ1) is 20.7. The fourth-order valence-corrected chi connectivity index (χ4v) is 7.51. The second kappa shape index (κ2) is 8.96. The first-order chi connectivity index (χ1) is 12.9. The number of carbonyl (C=O) groups is 2. The number of amides is 1.